The van der Waals surface area contributed by atoms with Gasteiger partial charge in [0.25, 0.3) is 0 Å². The molecule has 4 nitrogen and oxygen atoms in total. The van der Waals surface area contributed by atoms with E-state index in [9.17, 15) is 8.78 Å². The number of halogens is 2. The zero-order valence-corrected chi connectivity index (χ0v) is 11.9. The number of hydrogen-bond acceptors (Lipinski definition) is 4. The molecule has 0 N–H and O–H groups in total. The zero-order valence-electron chi connectivity index (χ0n) is 11.1. The first kappa shape index (κ1) is 13.0. The van der Waals surface area contributed by atoms with Crippen molar-refractivity contribution in [3.8, 4) is 22.0 Å². The highest BCUT2D eigenvalue weighted by molar-refractivity contribution is 7.19. The highest BCUT2D eigenvalue weighted by atomic mass is 32.1. The molecule has 0 bridgehead atoms. The molecule has 0 amide bonds. The standard InChI is InChI=1S/C15H8F2N4S/c16-11-8-4-7-10(12(11)17)14-20-21-13(18-19-15(21)22-14)9-5-2-1-3-6-9/h1-8H. The summed E-state index contributed by atoms with van der Waals surface area (Å²) in [6, 6.07) is 13.5. The van der Waals surface area contributed by atoms with Crippen LogP contribution >= 0.6 is 11.3 Å². The summed E-state index contributed by atoms with van der Waals surface area (Å²) >= 11 is 1.16. The third-order valence-corrected chi connectivity index (χ3v) is 4.14. The van der Waals surface area contributed by atoms with Crippen molar-refractivity contribution in [2.75, 3.05) is 0 Å². The first-order chi connectivity index (χ1) is 10.7. The summed E-state index contributed by atoms with van der Waals surface area (Å²) < 4.78 is 28.8. The van der Waals surface area contributed by atoms with Gasteiger partial charge in [-0.1, -0.05) is 47.7 Å². The minimum Gasteiger partial charge on any atom is -0.204 e. The molecular weight excluding hydrogens is 306 g/mol. The zero-order chi connectivity index (χ0) is 15.1. The Labute approximate surface area is 127 Å². The van der Waals surface area contributed by atoms with Crippen LogP contribution in [0.4, 0.5) is 8.78 Å². The van der Waals surface area contributed by atoms with E-state index in [4.69, 9.17) is 0 Å². The third kappa shape index (κ3) is 1.98. The second-order valence-electron chi connectivity index (χ2n) is 4.59. The fourth-order valence-corrected chi connectivity index (χ4v) is 3.02. The Morgan fingerprint density at radius 3 is 2.55 bits per heavy atom. The summed E-state index contributed by atoms with van der Waals surface area (Å²) in [4.78, 5) is 0.525. The highest BCUT2D eigenvalue weighted by Gasteiger charge is 2.17. The van der Waals surface area contributed by atoms with Gasteiger partial charge < -0.3 is 0 Å². The van der Waals surface area contributed by atoms with E-state index < -0.39 is 11.6 Å². The molecule has 0 fully saturated rings. The largest absolute Gasteiger partial charge is 0.235 e. The van der Waals surface area contributed by atoms with E-state index in [1.54, 1.807) is 4.52 Å². The number of hydrogen-bond donors (Lipinski definition) is 0. The summed E-state index contributed by atoms with van der Waals surface area (Å²) in [5, 5.41) is 12.8. The van der Waals surface area contributed by atoms with Gasteiger partial charge in [0.1, 0.15) is 0 Å². The van der Waals surface area contributed by atoms with Crippen molar-refractivity contribution in [1.82, 2.24) is 19.8 Å². The summed E-state index contributed by atoms with van der Waals surface area (Å²) in [5.74, 6) is -1.24. The predicted octanol–water partition coefficient (Wildman–Crippen LogP) is 3.80. The maximum Gasteiger partial charge on any atom is 0.235 e. The van der Waals surface area contributed by atoms with E-state index in [-0.39, 0.29) is 5.56 Å². The van der Waals surface area contributed by atoms with Crippen LogP contribution in [0.1, 0.15) is 0 Å². The highest BCUT2D eigenvalue weighted by Crippen LogP contribution is 2.30. The summed E-state index contributed by atoms with van der Waals surface area (Å²) in [7, 11) is 0. The van der Waals surface area contributed by atoms with Crippen molar-refractivity contribution < 1.29 is 8.78 Å². The lowest BCUT2D eigenvalue weighted by Gasteiger charge is -1.99. The van der Waals surface area contributed by atoms with Crippen LogP contribution in [0.2, 0.25) is 0 Å². The molecule has 0 saturated carbocycles. The minimum atomic E-state index is -0.909. The molecular formula is C15H8F2N4S. The van der Waals surface area contributed by atoms with Gasteiger partial charge >= 0.3 is 0 Å². The SMILES string of the molecule is Fc1cccc(-c2nn3c(-c4ccccc4)nnc3s2)c1F. The Balaban J connectivity index is 1.89. The fourth-order valence-electron chi connectivity index (χ4n) is 2.16. The number of benzene rings is 2. The lowest BCUT2D eigenvalue weighted by atomic mass is 10.2. The average Bonchev–Trinajstić information content (AvgIpc) is 3.11. The summed E-state index contributed by atoms with van der Waals surface area (Å²) in [6.45, 7) is 0. The minimum absolute atomic E-state index is 0.120. The van der Waals surface area contributed by atoms with Gasteiger partial charge in [-0.25, -0.2) is 8.78 Å². The van der Waals surface area contributed by atoms with Crippen molar-refractivity contribution in [1.29, 1.82) is 0 Å². The van der Waals surface area contributed by atoms with Crippen LogP contribution in [0.3, 0.4) is 0 Å². The molecule has 0 radical (unpaired) electrons. The van der Waals surface area contributed by atoms with Crippen LogP contribution in [0.25, 0.3) is 26.9 Å². The number of nitrogens with zero attached hydrogens (tertiary/aromatic N) is 4. The van der Waals surface area contributed by atoms with Crippen molar-refractivity contribution in [2.24, 2.45) is 0 Å². The quantitative estimate of drug-likeness (QED) is 0.565. The van der Waals surface area contributed by atoms with E-state index in [1.807, 2.05) is 30.3 Å². The molecule has 4 rings (SSSR count). The smallest absolute Gasteiger partial charge is 0.204 e. The Bertz CT molecular complexity index is 962. The topological polar surface area (TPSA) is 43.1 Å². The molecule has 108 valence electrons. The molecule has 0 atom stereocenters. The van der Waals surface area contributed by atoms with Crippen molar-refractivity contribution in [2.45, 2.75) is 0 Å². The van der Waals surface area contributed by atoms with Gasteiger partial charge in [-0.05, 0) is 12.1 Å². The van der Waals surface area contributed by atoms with Crippen molar-refractivity contribution in [3.63, 3.8) is 0 Å². The normalized spacial score (nSPS) is 11.2. The lowest BCUT2D eigenvalue weighted by molar-refractivity contribution is 0.511. The third-order valence-electron chi connectivity index (χ3n) is 3.20. The monoisotopic (exact) mass is 314 g/mol. The van der Waals surface area contributed by atoms with Crippen LogP contribution in [-0.2, 0) is 0 Å². The molecule has 0 aliphatic carbocycles. The summed E-state index contributed by atoms with van der Waals surface area (Å²) in [5.41, 5.74) is 0.973. The number of fused-ring (bicyclic) bond motifs is 1. The van der Waals surface area contributed by atoms with Gasteiger partial charge in [-0.2, -0.15) is 9.61 Å². The van der Waals surface area contributed by atoms with Crippen LogP contribution in [0.5, 0.6) is 0 Å². The molecule has 0 aliphatic heterocycles. The first-order valence-corrected chi connectivity index (χ1v) is 7.28. The Morgan fingerprint density at radius 2 is 1.73 bits per heavy atom. The molecule has 22 heavy (non-hydrogen) atoms. The molecule has 0 spiro atoms. The maximum atomic E-state index is 13.9. The maximum absolute atomic E-state index is 13.9. The molecule has 7 heteroatoms. The summed E-state index contributed by atoms with van der Waals surface area (Å²) in [6.07, 6.45) is 0. The van der Waals surface area contributed by atoms with Gasteiger partial charge in [0.15, 0.2) is 22.5 Å². The number of rotatable bonds is 2. The molecule has 2 heterocycles. The van der Waals surface area contributed by atoms with Crippen molar-refractivity contribution in [3.05, 3.63) is 60.2 Å². The molecule has 2 aromatic heterocycles. The Kier molecular flexibility index (Phi) is 2.93. The first-order valence-electron chi connectivity index (χ1n) is 6.46. The average molecular weight is 314 g/mol. The Morgan fingerprint density at radius 1 is 0.909 bits per heavy atom. The van der Waals surface area contributed by atoms with E-state index in [2.05, 4.69) is 15.3 Å². The van der Waals surface area contributed by atoms with Gasteiger partial charge in [0.2, 0.25) is 4.96 Å². The second kappa shape index (κ2) is 4.96. The molecule has 2 aromatic carbocycles. The van der Waals surface area contributed by atoms with Gasteiger partial charge in [-0.15, -0.1) is 10.2 Å². The van der Waals surface area contributed by atoms with E-state index in [0.29, 0.717) is 15.8 Å². The second-order valence-corrected chi connectivity index (χ2v) is 5.55. The van der Waals surface area contributed by atoms with Crippen LogP contribution < -0.4 is 0 Å². The van der Waals surface area contributed by atoms with Crippen LogP contribution in [-0.4, -0.2) is 19.8 Å². The molecule has 0 saturated heterocycles. The van der Waals surface area contributed by atoms with Crippen LogP contribution in [0.15, 0.2) is 48.5 Å². The van der Waals surface area contributed by atoms with Crippen LogP contribution in [0, 0.1) is 11.6 Å². The van der Waals surface area contributed by atoms with Crippen molar-refractivity contribution >= 4 is 16.3 Å². The van der Waals surface area contributed by atoms with Gasteiger partial charge in [0.05, 0.1) is 5.56 Å². The van der Waals surface area contributed by atoms with E-state index in [1.165, 1.54) is 12.1 Å². The number of aromatic nitrogens is 4. The fraction of sp³-hybridized carbons (Fsp3) is 0. The van der Waals surface area contributed by atoms with Gasteiger partial charge in [0, 0.05) is 5.56 Å². The van der Waals surface area contributed by atoms with E-state index >= 15 is 0 Å². The predicted molar refractivity (Wildman–Crippen MR) is 79.4 cm³/mol. The molecule has 4 aromatic rings. The van der Waals surface area contributed by atoms with E-state index in [0.717, 1.165) is 23.0 Å². The molecule has 0 aliphatic rings. The lowest BCUT2D eigenvalue weighted by Crippen LogP contribution is -1.93. The van der Waals surface area contributed by atoms with Gasteiger partial charge in [-0.3, -0.25) is 0 Å². The molecule has 0 unspecified atom stereocenters. The Hall–Kier alpha value is -2.67.